The van der Waals surface area contributed by atoms with E-state index in [0.29, 0.717) is 16.9 Å². The SMILES string of the molecule is O=C1c2ccccc2C(=O)N1CCOc1ccc(-n2cnc3ccc(CO)cc32)cc1. The molecule has 5 rings (SSSR count). The molecular formula is C24H19N3O4. The third-order valence-electron chi connectivity index (χ3n) is 5.37. The van der Waals surface area contributed by atoms with Gasteiger partial charge in [-0.3, -0.25) is 19.1 Å². The van der Waals surface area contributed by atoms with Gasteiger partial charge in [-0.2, -0.15) is 0 Å². The Balaban J connectivity index is 1.26. The number of ether oxygens (including phenoxy) is 1. The first kappa shape index (κ1) is 19.0. The molecule has 2 amide bonds. The van der Waals surface area contributed by atoms with Crippen LogP contribution in [0.2, 0.25) is 0 Å². The zero-order chi connectivity index (χ0) is 21.4. The first-order valence-corrected chi connectivity index (χ1v) is 9.91. The predicted octanol–water partition coefficient (Wildman–Crippen LogP) is 3.19. The van der Waals surface area contributed by atoms with Crippen molar-refractivity contribution in [3.05, 3.63) is 89.7 Å². The van der Waals surface area contributed by atoms with E-state index in [0.717, 1.165) is 22.3 Å². The fourth-order valence-corrected chi connectivity index (χ4v) is 3.76. The molecule has 7 nitrogen and oxygen atoms in total. The van der Waals surface area contributed by atoms with Gasteiger partial charge in [-0.05, 0) is 54.1 Å². The lowest BCUT2D eigenvalue weighted by Gasteiger charge is -2.14. The molecule has 0 unspecified atom stereocenters. The van der Waals surface area contributed by atoms with E-state index in [2.05, 4.69) is 4.98 Å². The maximum absolute atomic E-state index is 12.4. The van der Waals surface area contributed by atoms with Crippen molar-refractivity contribution in [1.29, 1.82) is 0 Å². The number of fused-ring (bicyclic) bond motifs is 2. The highest BCUT2D eigenvalue weighted by atomic mass is 16.5. The number of carbonyl (C=O) groups is 2. The zero-order valence-electron chi connectivity index (χ0n) is 16.6. The van der Waals surface area contributed by atoms with Gasteiger partial charge in [0.15, 0.2) is 0 Å². The van der Waals surface area contributed by atoms with E-state index < -0.39 is 0 Å². The van der Waals surface area contributed by atoms with Crippen LogP contribution < -0.4 is 4.74 Å². The molecule has 7 heteroatoms. The van der Waals surface area contributed by atoms with Crippen molar-refractivity contribution in [2.75, 3.05) is 13.2 Å². The number of aromatic nitrogens is 2. The first-order chi connectivity index (χ1) is 15.2. The van der Waals surface area contributed by atoms with Crippen molar-refractivity contribution in [1.82, 2.24) is 14.5 Å². The minimum atomic E-state index is -0.284. The van der Waals surface area contributed by atoms with Crippen LogP contribution in [-0.4, -0.2) is 44.5 Å². The summed E-state index contributed by atoms with van der Waals surface area (Å²) in [5.41, 5.74) is 4.36. The molecule has 0 saturated heterocycles. The van der Waals surface area contributed by atoms with Crippen molar-refractivity contribution < 1.29 is 19.4 Å². The van der Waals surface area contributed by atoms with E-state index in [4.69, 9.17) is 4.74 Å². The fraction of sp³-hybridized carbons (Fsp3) is 0.125. The van der Waals surface area contributed by atoms with Crippen LogP contribution in [0.4, 0.5) is 0 Å². The molecule has 2 heterocycles. The largest absolute Gasteiger partial charge is 0.492 e. The number of carbonyl (C=O) groups excluding carboxylic acids is 2. The summed E-state index contributed by atoms with van der Waals surface area (Å²) in [7, 11) is 0. The van der Waals surface area contributed by atoms with Gasteiger partial charge in [-0.15, -0.1) is 0 Å². The summed E-state index contributed by atoms with van der Waals surface area (Å²) in [4.78, 5) is 30.4. The molecule has 1 aromatic heterocycles. The summed E-state index contributed by atoms with van der Waals surface area (Å²) in [6.45, 7) is 0.365. The first-order valence-electron chi connectivity index (χ1n) is 9.91. The van der Waals surface area contributed by atoms with Gasteiger partial charge in [0.2, 0.25) is 0 Å². The van der Waals surface area contributed by atoms with E-state index >= 15 is 0 Å². The van der Waals surface area contributed by atoms with E-state index in [1.807, 2.05) is 47.0 Å². The lowest BCUT2D eigenvalue weighted by atomic mass is 10.1. The Bertz CT molecular complexity index is 1260. The van der Waals surface area contributed by atoms with Gasteiger partial charge < -0.3 is 9.84 Å². The van der Waals surface area contributed by atoms with E-state index in [1.165, 1.54) is 4.90 Å². The van der Waals surface area contributed by atoms with Crippen molar-refractivity contribution >= 4 is 22.8 Å². The van der Waals surface area contributed by atoms with Gasteiger partial charge in [-0.25, -0.2) is 4.98 Å². The summed E-state index contributed by atoms with van der Waals surface area (Å²) in [5.74, 6) is 0.0726. The molecule has 0 saturated carbocycles. The van der Waals surface area contributed by atoms with Gasteiger partial charge in [0.05, 0.1) is 35.3 Å². The minimum Gasteiger partial charge on any atom is -0.492 e. The normalized spacial score (nSPS) is 13.1. The van der Waals surface area contributed by atoms with Gasteiger partial charge in [0.1, 0.15) is 18.7 Å². The lowest BCUT2D eigenvalue weighted by Crippen LogP contribution is -2.33. The molecule has 1 aliphatic heterocycles. The molecule has 0 aliphatic carbocycles. The van der Waals surface area contributed by atoms with Crippen LogP contribution >= 0.6 is 0 Å². The van der Waals surface area contributed by atoms with Gasteiger partial charge >= 0.3 is 0 Å². The summed E-state index contributed by atoms with van der Waals surface area (Å²) < 4.78 is 7.70. The number of aliphatic hydroxyl groups excluding tert-OH is 1. The fourth-order valence-electron chi connectivity index (χ4n) is 3.76. The number of amides is 2. The summed E-state index contributed by atoms with van der Waals surface area (Å²) in [6, 6.07) is 20.0. The Morgan fingerprint density at radius 2 is 1.61 bits per heavy atom. The van der Waals surface area contributed by atoms with Crippen LogP contribution in [0, 0.1) is 0 Å². The Hall–Kier alpha value is -3.97. The predicted molar refractivity (Wildman–Crippen MR) is 114 cm³/mol. The average molecular weight is 413 g/mol. The van der Waals surface area contributed by atoms with Crippen molar-refractivity contribution in [2.24, 2.45) is 0 Å². The molecule has 154 valence electrons. The monoisotopic (exact) mass is 413 g/mol. The number of rotatable bonds is 6. The second-order valence-electron chi connectivity index (χ2n) is 7.25. The summed E-state index contributed by atoms with van der Waals surface area (Å²) in [6.07, 6.45) is 1.74. The smallest absolute Gasteiger partial charge is 0.261 e. The third kappa shape index (κ3) is 3.35. The molecule has 4 aromatic rings. The second kappa shape index (κ2) is 7.70. The molecule has 0 fully saturated rings. The van der Waals surface area contributed by atoms with Crippen LogP contribution in [0.3, 0.4) is 0 Å². The number of imidazole rings is 1. The van der Waals surface area contributed by atoms with Crippen molar-refractivity contribution in [3.8, 4) is 11.4 Å². The topological polar surface area (TPSA) is 84.7 Å². The Kier molecular flexibility index (Phi) is 4.72. The number of hydrogen-bond acceptors (Lipinski definition) is 5. The number of hydrogen-bond donors (Lipinski definition) is 1. The van der Waals surface area contributed by atoms with Gasteiger partial charge in [0.25, 0.3) is 11.8 Å². The van der Waals surface area contributed by atoms with E-state index in [9.17, 15) is 14.7 Å². The maximum Gasteiger partial charge on any atom is 0.261 e. The maximum atomic E-state index is 12.4. The standard InChI is InChI=1S/C24H19N3O4/c28-14-16-5-10-21-22(13-16)27(15-25-21)17-6-8-18(9-7-17)31-12-11-26-23(29)19-3-1-2-4-20(19)24(26)30/h1-10,13,15,28H,11-12,14H2. The molecule has 1 aliphatic rings. The van der Waals surface area contributed by atoms with Gasteiger partial charge in [0, 0.05) is 5.69 Å². The number of benzene rings is 3. The summed E-state index contributed by atoms with van der Waals surface area (Å²) >= 11 is 0. The number of aliphatic hydroxyl groups is 1. The van der Waals surface area contributed by atoms with Crippen LogP contribution in [0.5, 0.6) is 5.75 Å². The van der Waals surface area contributed by atoms with E-state index in [-0.39, 0.29) is 31.6 Å². The lowest BCUT2D eigenvalue weighted by molar-refractivity contribution is 0.0631. The highest BCUT2D eigenvalue weighted by molar-refractivity contribution is 6.21. The molecule has 1 N–H and O–H groups in total. The second-order valence-corrected chi connectivity index (χ2v) is 7.25. The minimum absolute atomic E-state index is 0.0268. The number of imide groups is 1. The molecule has 0 bridgehead atoms. The summed E-state index contributed by atoms with van der Waals surface area (Å²) in [5, 5.41) is 9.39. The van der Waals surface area contributed by atoms with Gasteiger partial charge in [-0.1, -0.05) is 18.2 Å². The van der Waals surface area contributed by atoms with Crippen LogP contribution in [-0.2, 0) is 6.61 Å². The molecule has 0 spiro atoms. The zero-order valence-corrected chi connectivity index (χ0v) is 16.6. The van der Waals surface area contributed by atoms with Crippen LogP contribution in [0.15, 0.2) is 73.1 Å². The van der Waals surface area contributed by atoms with Crippen molar-refractivity contribution in [3.63, 3.8) is 0 Å². The molecule has 31 heavy (non-hydrogen) atoms. The Labute approximate surface area is 178 Å². The molecular weight excluding hydrogens is 394 g/mol. The molecule has 0 atom stereocenters. The Morgan fingerprint density at radius 3 is 2.29 bits per heavy atom. The molecule has 0 radical (unpaired) electrons. The van der Waals surface area contributed by atoms with Crippen LogP contribution in [0.1, 0.15) is 26.3 Å². The van der Waals surface area contributed by atoms with Crippen LogP contribution in [0.25, 0.3) is 16.7 Å². The number of nitrogens with zero attached hydrogens (tertiary/aromatic N) is 3. The highest BCUT2D eigenvalue weighted by Crippen LogP contribution is 2.24. The quantitative estimate of drug-likeness (QED) is 0.491. The average Bonchev–Trinajstić information content (AvgIpc) is 3.34. The van der Waals surface area contributed by atoms with E-state index in [1.54, 1.807) is 30.6 Å². The highest BCUT2D eigenvalue weighted by Gasteiger charge is 2.34. The third-order valence-corrected chi connectivity index (χ3v) is 5.37. The Morgan fingerprint density at radius 1 is 0.903 bits per heavy atom. The van der Waals surface area contributed by atoms with Crippen molar-refractivity contribution in [2.45, 2.75) is 6.61 Å². The molecule has 3 aromatic carbocycles.